The van der Waals surface area contributed by atoms with E-state index in [1.807, 2.05) is 0 Å². The maximum absolute atomic E-state index is 11.8. The first-order valence-electron chi connectivity index (χ1n) is 6.14. The molecule has 0 spiro atoms. The number of furan rings is 1. The summed E-state index contributed by atoms with van der Waals surface area (Å²) in [5.41, 5.74) is 0.810. The third kappa shape index (κ3) is 3.48. The highest BCUT2D eigenvalue weighted by Crippen LogP contribution is 2.24. The Morgan fingerprint density at radius 1 is 1.15 bits per heavy atom. The number of carbonyl (C=O) groups is 2. The van der Waals surface area contributed by atoms with Gasteiger partial charge in [-0.25, -0.2) is 0 Å². The number of esters is 1. The molecule has 0 saturated carbocycles. The zero-order valence-electron chi connectivity index (χ0n) is 10.9. The highest BCUT2D eigenvalue weighted by molar-refractivity contribution is 6.30. The van der Waals surface area contributed by atoms with Crippen LogP contribution in [0.15, 0.2) is 40.8 Å². The van der Waals surface area contributed by atoms with Crippen molar-refractivity contribution in [1.82, 2.24) is 0 Å². The standard InChI is InChI=1S/C15H13ClO4/c1-2-19-15(18)9-12(17)14-8-7-13(20-14)10-3-5-11(16)6-4-10/h3-8H,2,9H2,1H3. The van der Waals surface area contributed by atoms with Gasteiger partial charge in [0.1, 0.15) is 12.2 Å². The van der Waals surface area contributed by atoms with Crippen LogP contribution in [0.2, 0.25) is 5.02 Å². The Balaban J connectivity index is 2.10. The van der Waals surface area contributed by atoms with Gasteiger partial charge in [0.25, 0.3) is 0 Å². The maximum atomic E-state index is 11.8. The molecule has 2 rings (SSSR count). The van der Waals surface area contributed by atoms with E-state index in [9.17, 15) is 9.59 Å². The molecule has 0 aliphatic heterocycles. The quantitative estimate of drug-likeness (QED) is 0.478. The van der Waals surface area contributed by atoms with Gasteiger partial charge in [0.2, 0.25) is 5.78 Å². The van der Waals surface area contributed by atoms with Crippen molar-refractivity contribution in [3.05, 3.63) is 47.2 Å². The minimum atomic E-state index is -0.554. The summed E-state index contributed by atoms with van der Waals surface area (Å²) in [5, 5.41) is 0.624. The van der Waals surface area contributed by atoms with Gasteiger partial charge in [0, 0.05) is 10.6 Å². The average molecular weight is 293 g/mol. The molecule has 0 unspecified atom stereocenters. The van der Waals surface area contributed by atoms with Crippen molar-refractivity contribution in [2.45, 2.75) is 13.3 Å². The fourth-order valence-electron chi connectivity index (χ4n) is 1.69. The molecular formula is C15H13ClO4. The monoisotopic (exact) mass is 292 g/mol. The van der Waals surface area contributed by atoms with E-state index >= 15 is 0 Å². The van der Waals surface area contributed by atoms with Crippen molar-refractivity contribution < 1.29 is 18.7 Å². The maximum Gasteiger partial charge on any atom is 0.313 e. The normalized spacial score (nSPS) is 10.3. The Morgan fingerprint density at radius 2 is 1.85 bits per heavy atom. The van der Waals surface area contributed by atoms with Crippen LogP contribution in [0.3, 0.4) is 0 Å². The van der Waals surface area contributed by atoms with Crippen molar-refractivity contribution in [3.8, 4) is 11.3 Å². The van der Waals surface area contributed by atoms with E-state index < -0.39 is 11.8 Å². The van der Waals surface area contributed by atoms with Crippen LogP contribution >= 0.6 is 11.6 Å². The number of rotatable bonds is 5. The SMILES string of the molecule is CCOC(=O)CC(=O)c1ccc(-c2ccc(Cl)cc2)o1. The van der Waals surface area contributed by atoms with Gasteiger partial charge in [-0.15, -0.1) is 0 Å². The van der Waals surface area contributed by atoms with E-state index in [1.165, 1.54) is 0 Å². The lowest BCUT2D eigenvalue weighted by molar-refractivity contribution is -0.142. The lowest BCUT2D eigenvalue weighted by Crippen LogP contribution is -2.10. The number of hydrogen-bond acceptors (Lipinski definition) is 4. The fraction of sp³-hybridized carbons (Fsp3) is 0.200. The Hall–Kier alpha value is -2.07. The Morgan fingerprint density at radius 3 is 2.50 bits per heavy atom. The first-order valence-corrected chi connectivity index (χ1v) is 6.52. The van der Waals surface area contributed by atoms with E-state index in [4.69, 9.17) is 20.8 Å². The molecule has 1 aromatic carbocycles. The number of carbonyl (C=O) groups excluding carboxylic acids is 2. The largest absolute Gasteiger partial charge is 0.466 e. The van der Waals surface area contributed by atoms with Crippen LogP contribution in [-0.2, 0) is 9.53 Å². The summed E-state index contributed by atoms with van der Waals surface area (Å²) in [6.45, 7) is 1.94. The molecule has 0 fully saturated rings. The zero-order valence-corrected chi connectivity index (χ0v) is 11.6. The lowest BCUT2D eigenvalue weighted by atomic mass is 10.2. The van der Waals surface area contributed by atoms with Gasteiger partial charge in [0.15, 0.2) is 5.76 Å². The molecule has 0 aliphatic carbocycles. The second-order valence-corrected chi connectivity index (χ2v) is 4.51. The molecule has 0 N–H and O–H groups in total. The molecule has 1 heterocycles. The summed E-state index contributed by atoms with van der Waals surface area (Å²) in [5.74, 6) is -0.262. The number of ether oxygens (including phenoxy) is 1. The summed E-state index contributed by atoms with van der Waals surface area (Å²) < 4.78 is 10.2. The topological polar surface area (TPSA) is 56.5 Å². The van der Waals surface area contributed by atoms with Gasteiger partial charge in [-0.3, -0.25) is 9.59 Å². The summed E-state index contributed by atoms with van der Waals surface area (Å²) >= 11 is 5.81. The van der Waals surface area contributed by atoms with E-state index in [0.717, 1.165) is 5.56 Å². The summed E-state index contributed by atoms with van der Waals surface area (Å²) in [7, 11) is 0. The predicted octanol–water partition coefficient (Wildman–Crippen LogP) is 3.74. The number of benzene rings is 1. The third-order valence-electron chi connectivity index (χ3n) is 2.62. The molecule has 0 aliphatic rings. The van der Waals surface area contributed by atoms with E-state index in [1.54, 1.807) is 43.3 Å². The number of ketones is 1. The van der Waals surface area contributed by atoms with Crippen LogP contribution in [0.1, 0.15) is 23.9 Å². The smallest absolute Gasteiger partial charge is 0.313 e. The molecule has 0 radical (unpaired) electrons. The molecular weight excluding hydrogens is 280 g/mol. The fourth-order valence-corrected chi connectivity index (χ4v) is 1.81. The van der Waals surface area contributed by atoms with Crippen LogP contribution in [0.4, 0.5) is 0 Å². The molecule has 0 atom stereocenters. The minimum absolute atomic E-state index is 0.142. The molecule has 20 heavy (non-hydrogen) atoms. The second kappa shape index (κ2) is 6.39. The second-order valence-electron chi connectivity index (χ2n) is 4.08. The van der Waals surface area contributed by atoms with Crippen molar-refractivity contribution in [3.63, 3.8) is 0 Å². The average Bonchev–Trinajstić information content (AvgIpc) is 2.89. The molecule has 4 nitrogen and oxygen atoms in total. The van der Waals surface area contributed by atoms with Crippen LogP contribution in [0.25, 0.3) is 11.3 Å². The first kappa shape index (κ1) is 14.3. The van der Waals surface area contributed by atoms with Crippen molar-refractivity contribution in [2.24, 2.45) is 0 Å². The molecule has 0 bridgehead atoms. The summed E-state index contributed by atoms with van der Waals surface area (Å²) in [6, 6.07) is 10.3. The van der Waals surface area contributed by atoms with Gasteiger partial charge < -0.3 is 9.15 Å². The number of halogens is 1. The van der Waals surface area contributed by atoms with Gasteiger partial charge >= 0.3 is 5.97 Å². The van der Waals surface area contributed by atoms with Gasteiger partial charge in [-0.2, -0.15) is 0 Å². The summed E-state index contributed by atoms with van der Waals surface area (Å²) in [6.07, 6.45) is -0.318. The van der Waals surface area contributed by atoms with Gasteiger partial charge in [0.05, 0.1) is 6.61 Å². The van der Waals surface area contributed by atoms with Crippen LogP contribution in [-0.4, -0.2) is 18.4 Å². The van der Waals surface area contributed by atoms with Crippen LogP contribution in [0.5, 0.6) is 0 Å². The van der Waals surface area contributed by atoms with E-state index in [2.05, 4.69) is 0 Å². The van der Waals surface area contributed by atoms with Gasteiger partial charge in [-0.1, -0.05) is 11.6 Å². The third-order valence-corrected chi connectivity index (χ3v) is 2.87. The van der Waals surface area contributed by atoms with Gasteiger partial charge in [-0.05, 0) is 43.3 Å². The Kier molecular flexibility index (Phi) is 4.58. The molecule has 0 amide bonds. The molecule has 0 saturated heterocycles. The lowest BCUT2D eigenvalue weighted by Gasteiger charge is -1.99. The van der Waals surface area contributed by atoms with E-state index in [-0.39, 0.29) is 18.8 Å². The summed E-state index contributed by atoms with van der Waals surface area (Å²) in [4.78, 5) is 23.1. The molecule has 1 aromatic heterocycles. The van der Waals surface area contributed by atoms with Crippen LogP contribution < -0.4 is 0 Å². The predicted molar refractivity (Wildman–Crippen MR) is 74.7 cm³/mol. The minimum Gasteiger partial charge on any atom is -0.466 e. The van der Waals surface area contributed by atoms with Crippen molar-refractivity contribution >= 4 is 23.4 Å². The molecule has 104 valence electrons. The zero-order chi connectivity index (χ0) is 14.5. The molecule has 2 aromatic rings. The van der Waals surface area contributed by atoms with Crippen molar-refractivity contribution in [2.75, 3.05) is 6.61 Å². The highest BCUT2D eigenvalue weighted by Gasteiger charge is 2.16. The number of hydrogen-bond donors (Lipinski definition) is 0. The Labute approximate surface area is 121 Å². The van der Waals surface area contributed by atoms with Crippen molar-refractivity contribution in [1.29, 1.82) is 0 Å². The highest BCUT2D eigenvalue weighted by atomic mass is 35.5. The first-order chi connectivity index (χ1) is 9.60. The Bertz CT molecular complexity index is 613. The van der Waals surface area contributed by atoms with Crippen LogP contribution in [0, 0.1) is 0 Å². The number of Topliss-reactive ketones (excluding diaryl/α,β-unsaturated/α-hetero) is 1. The molecule has 5 heteroatoms. The van der Waals surface area contributed by atoms with E-state index in [0.29, 0.717) is 10.8 Å².